The molecule has 0 bridgehead atoms. The molecular weight excluding hydrogens is 501 g/mol. The molecule has 0 spiro atoms. The van der Waals surface area contributed by atoms with Crippen LogP contribution in [0.4, 0.5) is 16.6 Å². The van der Waals surface area contributed by atoms with Gasteiger partial charge in [-0.3, -0.25) is 0 Å². The third-order valence-corrected chi connectivity index (χ3v) is 7.70. The third-order valence-electron chi connectivity index (χ3n) is 7.70. The predicted molar refractivity (Wildman–Crippen MR) is 148 cm³/mol. The van der Waals surface area contributed by atoms with Crippen molar-refractivity contribution in [3.63, 3.8) is 0 Å². The van der Waals surface area contributed by atoms with Crippen LogP contribution in [-0.2, 0) is 0 Å². The Morgan fingerprint density at radius 1 is 0.972 bits per heavy atom. The molecule has 1 aliphatic heterocycles. The number of fused-ring (bicyclic) bond motifs is 1. The van der Waals surface area contributed by atoms with Gasteiger partial charge in [-0.25, -0.2) is 9.78 Å². The lowest BCUT2D eigenvalue weighted by Gasteiger charge is -2.32. The molecule has 10 nitrogen and oxygen atoms in total. The van der Waals surface area contributed by atoms with Crippen LogP contribution in [0, 0.1) is 0 Å². The van der Waals surface area contributed by atoms with Crippen molar-refractivity contribution in [2.24, 2.45) is 5.73 Å². The zero-order valence-electron chi connectivity index (χ0n) is 21.1. The molecule has 2 aromatic rings. The molecule has 202 valence electrons. The van der Waals surface area contributed by atoms with Crippen LogP contribution in [0.2, 0.25) is 0 Å². The van der Waals surface area contributed by atoms with Gasteiger partial charge in [0.05, 0.1) is 6.33 Å². The highest BCUT2D eigenvalue weighted by Gasteiger charge is 2.27. The Bertz CT molecular complexity index is 981. The summed E-state index contributed by atoms with van der Waals surface area (Å²) in [5.41, 5.74) is 7.86. The van der Waals surface area contributed by atoms with E-state index >= 15 is 0 Å². The number of rotatable bonds is 6. The molecule has 5 rings (SSSR count). The fourth-order valence-electron chi connectivity index (χ4n) is 5.66. The molecule has 1 saturated heterocycles. The lowest BCUT2D eigenvalue weighted by molar-refractivity contribution is 0.184. The lowest BCUT2D eigenvalue weighted by Crippen LogP contribution is -2.46. The second kappa shape index (κ2) is 13.0. The predicted octanol–water partition coefficient (Wildman–Crippen LogP) is 4.07. The van der Waals surface area contributed by atoms with Gasteiger partial charge in [-0.2, -0.15) is 9.97 Å². The van der Waals surface area contributed by atoms with Gasteiger partial charge in [-0.15, -0.1) is 24.8 Å². The van der Waals surface area contributed by atoms with E-state index in [-0.39, 0.29) is 36.9 Å². The summed E-state index contributed by atoms with van der Waals surface area (Å²) in [4.78, 5) is 28.7. The maximum atomic E-state index is 12.2. The first kappa shape index (κ1) is 28.5. The Balaban J connectivity index is 0.00000180. The summed E-state index contributed by atoms with van der Waals surface area (Å²) in [7, 11) is 0. The van der Waals surface area contributed by atoms with Gasteiger partial charge in [0.1, 0.15) is 0 Å². The molecule has 0 atom stereocenters. The van der Waals surface area contributed by atoms with Crippen LogP contribution in [0.15, 0.2) is 6.33 Å². The van der Waals surface area contributed by atoms with Gasteiger partial charge in [0.15, 0.2) is 17.0 Å². The highest BCUT2D eigenvalue weighted by atomic mass is 35.5. The number of halogens is 2. The number of nitrogens with zero attached hydrogens (tertiary/aromatic N) is 5. The fourth-order valence-corrected chi connectivity index (χ4v) is 5.66. The van der Waals surface area contributed by atoms with Crippen LogP contribution in [0.5, 0.6) is 0 Å². The van der Waals surface area contributed by atoms with Gasteiger partial charge in [-0.1, -0.05) is 12.8 Å². The SMILES string of the molecule is CCNC(=O)N1CCC(Nc2nc(N[C@H]3CC[C@H](N)CC3)nc3c2ncn3C2CCCC2)CC1.Cl.Cl. The lowest BCUT2D eigenvalue weighted by atomic mass is 9.92. The van der Waals surface area contributed by atoms with Crippen LogP contribution >= 0.6 is 24.8 Å². The van der Waals surface area contributed by atoms with E-state index in [4.69, 9.17) is 20.7 Å². The van der Waals surface area contributed by atoms with Crippen LogP contribution in [0.1, 0.15) is 77.2 Å². The first-order chi connectivity index (χ1) is 16.6. The zero-order valence-corrected chi connectivity index (χ0v) is 22.8. The van der Waals surface area contributed by atoms with Crippen molar-refractivity contribution in [1.29, 1.82) is 0 Å². The molecule has 2 aromatic heterocycles. The van der Waals surface area contributed by atoms with Crippen molar-refractivity contribution >= 4 is 53.8 Å². The maximum absolute atomic E-state index is 12.2. The van der Waals surface area contributed by atoms with E-state index in [1.54, 1.807) is 0 Å². The van der Waals surface area contributed by atoms with Crippen LogP contribution in [0.3, 0.4) is 0 Å². The van der Waals surface area contributed by atoms with Gasteiger partial charge in [0.25, 0.3) is 0 Å². The second-order valence-corrected chi connectivity index (χ2v) is 10.2. The number of nitrogens with two attached hydrogens (primary N) is 1. The highest BCUT2D eigenvalue weighted by molar-refractivity contribution is 5.86. The third kappa shape index (κ3) is 6.44. The van der Waals surface area contributed by atoms with Crippen molar-refractivity contribution in [1.82, 2.24) is 29.7 Å². The van der Waals surface area contributed by atoms with E-state index in [0.717, 1.165) is 68.6 Å². The minimum Gasteiger partial charge on any atom is -0.365 e. The standard InChI is InChI=1S/C24H39N9O.2ClH/c1-2-26-24(34)32-13-11-18(12-14-32)28-21-20-22(33(15-27-20)19-5-3-4-6-19)31-23(30-21)29-17-9-7-16(25)8-10-17;;/h15-19H,2-14,25H2,1H3,(H,26,34)(H2,28,29,30,31);2*1H/t16-,17-;;. The minimum absolute atomic E-state index is 0. The molecule has 0 unspecified atom stereocenters. The first-order valence-electron chi connectivity index (χ1n) is 13.2. The number of hydrogen-bond donors (Lipinski definition) is 4. The molecular formula is C24H41Cl2N9O. The molecule has 3 aliphatic rings. The van der Waals surface area contributed by atoms with Crippen molar-refractivity contribution in [3.8, 4) is 0 Å². The van der Waals surface area contributed by atoms with Gasteiger partial charge in [0.2, 0.25) is 5.95 Å². The maximum Gasteiger partial charge on any atom is 0.317 e. The van der Waals surface area contributed by atoms with Gasteiger partial charge >= 0.3 is 6.03 Å². The number of imidazole rings is 1. The molecule has 2 saturated carbocycles. The number of aromatic nitrogens is 4. The van der Waals surface area contributed by atoms with Crippen LogP contribution in [-0.4, -0.2) is 68.2 Å². The summed E-state index contributed by atoms with van der Waals surface area (Å²) in [5, 5.41) is 10.2. The van der Waals surface area contributed by atoms with E-state index < -0.39 is 0 Å². The van der Waals surface area contributed by atoms with Crippen molar-refractivity contribution in [2.45, 2.75) is 95.3 Å². The number of carbonyl (C=O) groups excluding carboxylic acids is 1. The second-order valence-electron chi connectivity index (χ2n) is 10.2. The quantitative estimate of drug-likeness (QED) is 0.434. The van der Waals surface area contributed by atoms with E-state index in [1.807, 2.05) is 18.2 Å². The molecule has 36 heavy (non-hydrogen) atoms. The summed E-state index contributed by atoms with van der Waals surface area (Å²) in [6.07, 6.45) is 12.8. The molecule has 0 aromatic carbocycles. The number of piperidine rings is 1. The number of anilines is 2. The summed E-state index contributed by atoms with van der Waals surface area (Å²) in [6.45, 7) is 4.08. The Hall–Kier alpha value is -2.04. The molecule has 2 amide bonds. The van der Waals surface area contributed by atoms with Crippen LogP contribution in [0.25, 0.3) is 11.2 Å². The number of likely N-dealkylation sites (tertiary alicyclic amines) is 1. The zero-order chi connectivity index (χ0) is 23.5. The average Bonchev–Trinajstić information content (AvgIpc) is 3.51. The first-order valence-corrected chi connectivity index (χ1v) is 13.2. The van der Waals surface area contributed by atoms with Gasteiger partial charge < -0.3 is 31.2 Å². The van der Waals surface area contributed by atoms with Crippen LogP contribution < -0.4 is 21.7 Å². The smallest absolute Gasteiger partial charge is 0.317 e. The van der Waals surface area contributed by atoms with Crippen molar-refractivity contribution < 1.29 is 4.79 Å². The fraction of sp³-hybridized carbons (Fsp3) is 0.750. The topological polar surface area (TPSA) is 126 Å². The number of carbonyl (C=O) groups is 1. The molecule has 12 heteroatoms. The Morgan fingerprint density at radius 2 is 1.64 bits per heavy atom. The molecule has 3 fully saturated rings. The minimum atomic E-state index is 0. The van der Waals surface area contributed by atoms with Gasteiger partial charge in [0, 0.05) is 43.8 Å². The summed E-state index contributed by atoms with van der Waals surface area (Å²) in [6, 6.07) is 1.41. The normalized spacial score (nSPS) is 23.1. The number of hydrogen-bond acceptors (Lipinski definition) is 7. The number of amides is 2. The Kier molecular flexibility index (Phi) is 10.3. The highest BCUT2D eigenvalue weighted by Crippen LogP contribution is 2.33. The molecule has 5 N–H and O–H groups in total. The van der Waals surface area contributed by atoms with E-state index in [0.29, 0.717) is 30.6 Å². The van der Waals surface area contributed by atoms with E-state index in [9.17, 15) is 4.79 Å². The monoisotopic (exact) mass is 541 g/mol. The molecule has 3 heterocycles. The average molecular weight is 543 g/mol. The van der Waals surface area contributed by atoms with Crippen molar-refractivity contribution in [3.05, 3.63) is 6.33 Å². The van der Waals surface area contributed by atoms with Gasteiger partial charge in [-0.05, 0) is 58.3 Å². The Labute approximate surface area is 225 Å². The largest absolute Gasteiger partial charge is 0.365 e. The van der Waals surface area contributed by atoms with Crippen molar-refractivity contribution in [2.75, 3.05) is 30.3 Å². The van der Waals surface area contributed by atoms with E-state index in [2.05, 4.69) is 20.5 Å². The summed E-state index contributed by atoms with van der Waals surface area (Å²) < 4.78 is 2.26. The van der Waals surface area contributed by atoms with E-state index in [1.165, 1.54) is 25.7 Å². The number of nitrogens with one attached hydrogen (secondary N) is 3. The number of urea groups is 1. The molecule has 2 aliphatic carbocycles. The summed E-state index contributed by atoms with van der Waals surface area (Å²) >= 11 is 0. The summed E-state index contributed by atoms with van der Waals surface area (Å²) in [5.74, 6) is 1.48. The Morgan fingerprint density at radius 3 is 2.31 bits per heavy atom. The molecule has 0 radical (unpaired) electrons.